The molecule has 0 aromatic carbocycles. The molecule has 0 aromatic heterocycles. The van der Waals surface area contributed by atoms with Crippen LogP contribution in [0.3, 0.4) is 0 Å². The molecule has 0 unspecified atom stereocenters. The number of hydrogen-bond acceptors (Lipinski definition) is 3. The Morgan fingerprint density at radius 3 is 1.75 bits per heavy atom. The van der Waals surface area contributed by atoms with E-state index in [0.29, 0.717) is 0 Å². The summed E-state index contributed by atoms with van der Waals surface area (Å²) in [6.07, 6.45) is 1.67. The Morgan fingerprint density at radius 2 is 1.42 bits per heavy atom. The molecule has 0 amide bonds. The first-order valence-corrected chi connectivity index (χ1v) is 5.87. The fourth-order valence-electron chi connectivity index (χ4n) is 1.04. The SMILES string of the molecule is OCCCN(CCI)CCCO. The summed E-state index contributed by atoms with van der Waals surface area (Å²) in [5.41, 5.74) is 0. The Morgan fingerprint density at radius 1 is 0.917 bits per heavy atom. The minimum absolute atomic E-state index is 0.261. The zero-order chi connectivity index (χ0) is 9.23. The van der Waals surface area contributed by atoms with Crippen molar-refractivity contribution in [1.82, 2.24) is 4.90 Å². The van der Waals surface area contributed by atoms with Gasteiger partial charge in [-0.05, 0) is 12.8 Å². The van der Waals surface area contributed by atoms with Gasteiger partial charge in [0.25, 0.3) is 0 Å². The second kappa shape index (κ2) is 9.70. The highest BCUT2D eigenvalue weighted by Gasteiger charge is 2.01. The number of aliphatic hydroxyl groups is 2. The van der Waals surface area contributed by atoms with Gasteiger partial charge in [-0.2, -0.15) is 0 Å². The molecule has 0 aliphatic heterocycles. The molecule has 0 aliphatic rings. The van der Waals surface area contributed by atoms with E-state index in [1.54, 1.807) is 0 Å². The number of alkyl halides is 1. The summed E-state index contributed by atoms with van der Waals surface area (Å²) >= 11 is 2.34. The molecule has 74 valence electrons. The quantitative estimate of drug-likeness (QED) is 0.504. The molecule has 0 heterocycles. The summed E-state index contributed by atoms with van der Waals surface area (Å²) in [6, 6.07) is 0. The Kier molecular flexibility index (Phi) is 10.2. The summed E-state index contributed by atoms with van der Waals surface area (Å²) < 4.78 is 1.11. The smallest absolute Gasteiger partial charge is 0.0443 e. The van der Waals surface area contributed by atoms with Crippen LogP contribution in [0.5, 0.6) is 0 Å². The largest absolute Gasteiger partial charge is 0.396 e. The highest BCUT2D eigenvalue weighted by atomic mass is 127. The molecule has 0 atom stereocenters. The van der Waals surface area contributed by atoms with Crippen LogP contribution >= 0.6 is 22.6 Å². The topological polar surface area (TPSA) is 43.7 Å². The van der Waals surface area contributed by atoms with E-state index in [1.165, 1.54) is 0 Å². The fraction of sp³-hybridized carbons (Fsp3) is 1.00. The minimum atomic E-state index is 0.261. The van der Waals surface area contributed by atoms with E-state index in [1.807, 2.05) is 0 Å². The first kappa shape index (κ1) is 12.6. The van der Waals surface area contributed by atoms with Crippen LogP contribution in [0.4, 0.5) is 0 Å². The zero-order valence-electron chi connectivity index (χ0n) is 7.38. The maximum atomic E-state index is 8.63. The molecule has 0 saturated carbocycles. The fourth-order valence-corrected chi connectivity index (χ4v) is 1.73. The molecule has 0 radical (unpaired) electrons. The average Bonchev–Trinajstić information content (AvgIpc) is 2.10. The number of rotatable bonds is 8. The van der Waals surface area contributed by atoms with Crippen LogP contribution in [0.2, 0.25) is 0 Å². The van der Waals surface area contributed by atoms with Crippen molar-refractivity contribution in [2.45, 2.75) is 12.8 Å². The molecule has 2 N–H and O–H groups in total. The summed E-state index contributed by atoms with van der Waals surface area (Å²) in [7, 11) is 0. The van der Waals surface area contributed by atoms with E-state index in [0.717, 1.165) is 36.9 Å². The van der Waals surface area contributed by atoms with Crippen LogP contribution in [0, 0.1) is 0 Å². The van der Waals surface area contributed by atoms with Gasteiger partial charge in [0, 0.05) is 37.3 Å². The van der Waals surface area contributed by atoms with Gasteiger partial charge in [-0.3, -0.25) is 0 Å². The van der Waals surface area contributed by atoms with Crippen LogP contribution in [0.15, 0.2) is 0 Å². The van der Waals surface area contributed by atoms with Gasteiger partial charge in [-0.15, -0.1) is 0 Å². The Labute approximate surface area is 87.9 Å². The molecular formula is C8H18INO2. The van der Waals surface area contributed by atoms with E-state index < -0.39 is 0 Å². The third kappa shape index (κ3) is 7.27. The number of aliphatic hydroxyl groups excluding tert-OH is 2. The van der Waals surface area contributed by atoms with Crippen LogP contribution < -0.4 is 0 Å². The van der Waals surface area contributed by atoms with Crippen molar-refractivity contribution >= 4 is 22.6 Å². The monoisotopic (exact) mass is 287 g/mol. The van der Waals surface area contributed by atoms with Crippen molar-refractivity contribution in [2.75, 3.05) is 37.3 Å². The Bertz CT molecular complexity index is 85.1. The third-order valence-corrected chi connectivity index (χ3v) is 2.15. The summed E-state index contributed by atoms with van der Waals surface area (Å²) in [4.78, 5) is 2.28. The van der Waals surface area contributed by atoms with Crippen LogP contribution in [-0.2, 0) is 0 Å². The van der Waals surface area contributed by atoms with Gasteiger partial charge < -0.3 is 15.1 Å². The predicted molar refractivity (Wildman–Crippen MR) is 58.7 cm³/mol. The summed E-state index contributed by atoms with van der Waals surface area (Å²) in [5.74, 6) is 0. The third-order valence-electron chi connectivity index (χ3n) is 1.67. The molecule has 0 bridgehead atoms. The van der Waals surface area contributed by atoms with Gasteiger partial charge >= 0.3 is 0 Å². The highest BCUT2D eigenvalue weighted by molar-refractivity contribution is 14.1. The molecule has 0 saturated heterocycles. The summed E-state index contributed by atoms with van der Waals surface area (Å²) in [5, 5.41) is 17.3. The van der Waals surface area contributed by atoms with Crippen LogP contribution in [0.1, 0.15) is 12.8 Å². The number of nitrogens with zero attached hydrogens (tertiary/aromatic N) is 1. The van der Waals surface area contributed by atoms with E-state index >= 15 is 0 Å². The van der Waals surface area contributed by atoms with Gasteiger partial charge in [0.15, 0.2) is 0 Å². The van der Waals surface area contributed by atoms with Gasteiger partial charge in [0.2, 0.25) is 0 Å². The first-order valence-electron chi connectivity index (χ1n) is 4.35. The lowest BCUT2D eigenvalue weighted by atomic mass is 10.3. The zero-order valence-corrected chi connectivity index (χ0v) is 9.53. The lowest BCUT2D eigenvalue weighted by Gasteiger charge is -2.19. The van der Waals surface area contributed by atoms with Crippen molar-refractivity contribution in [2.24, 2.45) is 0 Å². The molecule has 0 spiro atoms. The second-order valence-corrected chi connectivity index (χ2v) is 3.76. The minimum Gasteiger partial charge on any atom is -0.396 e. The highest BCUT2D eigenvalue weighted by Crippen LogP contribution is 1.95. The lowest BCUT2D eigenvalue weighted by Crippen LogP contribution is -2.29. The Balaban J connectivity index is 3.40. The number of hydrogen-bond donors (Lipinski definition) is 2. The molecule has 3 nitrogen and oxygen atoms in total. The molecule has 4 heteroatoms. The summed E-state index contributed by atoms with van der Waals surface area (Å²) in [6.45, 7) is 3.47. The van der Waals surface area contributed by atoms with Crippen molar-refractivity contribution in [3.63, 3.8) is 0 Å². The van der Waals surface area contributed by atoms with Gasteiger partial charge in [0.05, 0.1) is 0 Å². The van der Waals surface area contributed by atoms with Gasteiger partial charge in [0.1, 0.15) is 0 Å². The first-order chi connectivity index (χ1) is 5.85. The molecule has 12 heavy (non-hydrogen) atoms. The predicted octanol–water partition coefficient (Wildman–Crippen LogP) is 0.488. The van der Waals surface area contributed by atoms with Crippen LogP contribution in [-0.4, -0.2) is 52.4 Å². The van der Waals surface area contributed by atoms with Crippen molar-refractivity contribution < 1.29 is 10.2 Å². The standard InChI is InChI=1S/C8H18INO2/c9-3-6-10(4-1-7-11)5-2-8-12/h11-12H,1-8H2. The molecular weight excluding hydrogens is 269 g/mol. The van der Waals surface area contributed by atoms with E-state index in [-0.39, 0.29) is 13.2 Å². The van der Waals surface area contributed by atoms with E-state index in [2.05, 4.69) is 27.5 Å². The van der Waals surface area contributed by atoms with Crippen molar-refractivity contribution in [3.8, 4) is 0 Å². The maximum absolute atomic E-state index is 8.63. The van der Waals surface area contributed by atoms with Crippen molar-refractivity contribution in [3.05, 3.63) is 0 Å². The molecule has 0 aliphatic carbocycles. The molecule has 0 rings (SSSR count). The normalized spacial score (nSPS) is 11.0. The van der Waals surface area contributed by atoms with Crippen LogP contribution in [0.25, 0.3) is 0 Å². The van der Waals surface area contributed by atoms with E-state index in [4.69, 9.17) is 10.2 Å². The second-order valence-electron chi connectivity index (χ2n) is 2.68. The van der Waals surface area contributed by atoms with E-state index in [9.17, 15) is 0 Å². The van der Waals surface area contributed by atoms with Crippen molar-refractivity contribution in [1.29, 1.82) is 0 Å². The number of halogens is 1. The lowest BCUT2D eigenvalue weighted by molar-refractivity contribution is 0.209. The molecule has 0 fully saturated rings. The van der Waals surface area contributed by atoms with Gasteiger partial charge in [-0.25, -0.2) is 0 Å². The maximum Gasteiger partial charge on any atom is 0.0443 e. The molecule has 0 aromatic rings. The Hall–Kier alpha value is 0.610. The van der Waals surface area contributed by atoms with Gasteiger partial charge in [-0.1, -0.05) is 22.6 Å². The average molecular weight is 287 g/mol.